The second-order valence-corrected chi connectivity index (χ2v) is 13.8. The first-order valence-corrected chi connectivity index (χ1v) is 17.5. The molecule has 1 aliphatic carbocycles. The summed E-state index contributed by atoms with van der Waals surface area (Å²) in [5.41, 5.74) is 5.74. The first-order chi connectivity index (χ1) is 24.9. The monoisotopic (exact) mass is 769 g/mol. The van der Waals surface area contributed by atoms with E-state index in [1.165, 1.54) is 12.1 Å². The van der Waals surface area contributed by atoms with Crippen molar-refractivity contribution in [2.45, 2.75) is 75.4 Å². The van der Waals surface area contributed by atoms with Crippen molar-refractivity contribution < 1.29 is 50.2 Å². The number of fused-ring (bicyclic) bond motifs is 1. The van der Waals surface area contributed by atoms with E-state index in [0.717, 1.165) is 55.9 Å². The van der Waals surface area contributed by atoms with Crippen molar-refractivity contribution >= 4 is 50.6 Å². The maximum atomic E-state index is 13.8. The normalized spacial score (nSPS) is 16.7. The van der Waals surface area contributed by atoms with Gasteiger partial charge in [-0.15, -0.1) is 11.3 Å². The minimum Gasteiger partial charge on any atom is -0.482 e. The van der Waals surface area contributed by atoms with E-state index in [9.17, 15) is 40.7 Å². The van der Waals surface area contributed by atoms with Gasteiger partial charge in [0.25, 0.3) is 5.91 Å². The molecule has 0 radical (unpaired) electrons. The van der Waals surface area contributed by atoms with Gasteiger partial charge >= 0.3 is 18.3 Å². The largest absolute Gasteiger partial charge is 0.482 e. The number of nitrogens with one attached hydrogen (secondary N) is 3. The van der Waals surface area contributed by atoms with E-state index in [1.807, 2.05) is 20.2 Å². The van der Waals surface area contributed by atoms with E-state index in [1.54, 1.807) is 12.1 Å². The van der Waals surface area contributed by atoms with Crippen LogP contribution in [0.4, 0.5) is 37.7 Å². The average Bonchev–Trinajstić information content (AvgIpc) is 3.43. The van der Waals surface area contributed by atoms with Crippen LogP contribution in [-0.4, -0.2) is 87.5 Å². The van der Waals surface area contributed by atoms with Crippen LogP contribution in [0.5, 0.6) is 5.75 Å². The highest BCUT2D eigenvalue weighted by atomic mass is 32.1. The van der Waals surface area contributed by atoms with Gasteiger partial charge < -0.3 is 36.1 Å². The SMILES string of the molecule is COC(=O)C(CCC(N)=O)NC(=O)c1ccc(NCC#Cc2sc3c(NC4CCC(N(C)C)CC4)cccc3c2CC(F)(F)F)c(OCC(F)(F)F)c1. The Kier molecular flexibility index (Phi) is 13.9. The predicted molar refractivity (Wildman–Crippen MR) is 190 cm³/mol. The van der Waals surface area contributed by atoms with Crippen LogP contribution in [0, 0.1) is 11.8 Å². The van der Waals surface area contributed by atoms with Gasteiger partial charge in [-0.1, -0.05) is 24.0 Å². The second kappa shape index (κ2) is 17.9. The summed E-state index contributed by atoms with van der Waals surface area (Å²) in [6.07, 6.45) is -7.01. The number of amides is 2. The molecule has 1 fully saturated rings. The van der Waals surface area contributed by atoms with E-state index in [4.69, 9.17) is 10.5 Å². The Hall–Kier alpha value is -4.69. The predicted octanol–water partition coefficient (Wildman–Crippen LogP) is 6.23. The number of benzene rings is 2. The fourth-order valence-corrected chi connectivity index (χ4v) is 7.16. The number of nitrogens with two attached hydrogens (primary N) is 1. The number of anilines is 2. The van der Waals surface area contributed by atoms with E-state index >= 15 is 0 Å². The Morgan fingerprint density at radius 2 is 1.74 bits per heavy atom. The number of rotatable bonds is 14. The Balaban J connectivity index is 1.56. The molecule has 0 aliphatic heterocycles. The van der Waals surface area contributed by atoms with Crippen molar-refractivity contribution in [2.24, 2.45) is 5.73 Å². The van der Waals surface area contributed by atoms with E-state index in [-0.39, 0.29) is 52.9 Å². The average molecular weight is 770 g/mol. The number of primary amides is 1. The van der Waals surface area contributed by atoms with Crippen LogP contribution in [0.25, 0.3) is 10.1 Å². The molecule has 0 saturated heterocycles. The molecule has 1 heterocycles. The first kappa shape index (κ1) is 41.1. The van der Waals surface area contributed by atoms with Gasteiger partial charge in [-0.3, -0.25) is 9.59 Å². The molecule has 2 aromatic carbocycles. The second-order valence-electron chi connectivity index (χ2n) is 12.8. The number of thiophene rings is 1. The summed E-state index contributed by atoms with van der Waals surface area (Å²) in [5.74, 6) is 2.75. The molecular formula is C36H41F6N5O5S. The molecule has 2 amide bonds. The van der Waals surface area contributed by atoms with E-state index in [2.05, 4.69) is 37.4 Å². The number of hydrogen-bond acceptors (Lipinski definition) is 9. The third-order valence-corrected chi connectivity index (χ3v) is 9.85. The minimum absolute atomic E-state index is 0.0145. The highest BCUT2D eigenvalue weighted by Crippen LogP contribution is 2.40. The van der Waals surface area contributed by atoms with Gasteiger partial charge in [0, 0.05) is 24.1 Å². The number of esters is 1. The third kappa shape index (κ3) is 12.2. The summed E-state index contributed by atoms with van der Waals surface area (Å²) < 4.78 is 90.9. The quantitative estimate of drug-likeness (QED) is 0.0862. The molecule has 1 atom stereocenters. The van der Waals surface area contributed by atoms with Gasteiger partial charge in [-0.25, -0.2) is 4.79 Å². The van der Waals surface area contributed by atoms with Crippen molar-refractivity contribution in [3.05, 3.63) is 52.4 Å². The molecule has 4 rings (SSSR count). The zero-order valence-corrected chi connectivity index (χ0v) is 30.1. The Morgan fingerprint density at radius 1 is 1.02 bits per heavy atom. The maximum Gasteiger partial charge on any atom is 0.422 e. The van der Waals surface area contributed by atoms with Crippen LogP contribution < -0.4 is 26.4 Å². The van der Waals surface area contributed by atoms with Gasteiger partial charge in [-0.2, -0.15) is 26.3 Å². The third-order valence-electron chi connectivity index (χ3n) is 8.66. The van der Waals surface area contributed by atoms with E-state index < -0.39 is 49.2 Å². The smallest absolute Gasteiger partial charge is 0.422 e. The molecule has 53 heavy (non-hydrogen) atoms. The molecule has 0 bridgehead atoms. The number of hydrogen-bond donors (Lipinski definition) is 4. The van der Waals surface area contributed by atoms with Crippen molar-refractivity contribution in [2.75, 3.05) is 45.0 Å². The summed E-state index contributed by atoms with van der Waals surface area (Å²) in [4.78, 5) is 38.7. The van der Waals surface area contributed by atoms with Crippen molar-refractivity contribution in [3.8, 4) is 17.6 Å². The molecule has 1 aromatic heterocycles. The lowest BCUT2D eigenvalue weighted by Gasteiger charge is -2.33. The zero-order chi connectivity index (χ0) is 38.9. The van der Waals surface area contributed by atoms with Crippen molar-refractivity contribution in [1.82, 2.24) is 10.2 Å². The molecule has 10 nitrogen and oxygen atoms in total. The molecular weight excluding hydrogens is 728 g/mol. The number of nitrogens with zero attached hydrogens (tertiary/aromatic N) is 1. The summed E-state index contributed by atoms with van der Waals surface area (Å²) in [5, 5.41) is 9.15. The van der Waals surface area contributed by atoms with Crippen molar-refractivity contribution in [1.29, 1.82) is 0 Å². The summed E-state index contributed by atoms with van der Waals surface area (Å²) >= 11 is 1.14. The molecule has 1 unspecified atom stereocenters. The molecule has 0 spiro atoms. The number of methoxy groups -OCH3 is 1. The fourth-order valence-electron chi connectivity index (χ4n) is 5.99. The summed E-state index contributed by atoms with van der Waals surface area (Å²) in [6, 6.07) is 8.12. The van der Waals surface area contributed by atoms with E-state index in [0.29, 0.717) is 16.1 Å². The summed E-state index contributed by atoms with van der Waals surface area (Å²) in [7, 11) is 5.17. The summed E-state index contributed by atoms with van der Waals surface area (Å²) in [6.45, 7) is -1.90. The molecule has 3 aromatic rings. The molecule has 1 saturated carbocycles. The molecule has 1 aliphatic rings. The highest BCUT2D eigenvalue weighted by Gasteiger charge is 2.32. The number of alkyl halides is 6. The van der Waals surface area contributed by atoms with Gasteiger partial charge in [0.15, 0.2) is 6.61 Å². The standard InChI is InChI=1S/C36H41F6N5O5S/c1-47(2)23-12-10-22(11-13-23)45-27-7-4-6-24-25(19-35(37,38)39)30(53-32(24)27)8-5-17-44-26-14-9-21(18-29(26)52-20-36(40,41)42)33(49)46-28(34(50)51-3)15-16-31(43)48/h4,6-7,9,14,18,22-23,28,44-45H,10-13,15-17,19-20H2,1-3H3,(H2,43,48)(H,46,49). The first-order valence-electron chi connectivity index (χ1n) is 16.7. The minimum atomic E-state index is -4.73. The van der Waals surface area contributed by atoms with Crippen LogP contribution >= 0.6 is 11.3 Å². The zero-order valence-electron chi connectivity index (χ0n) is 29.3. The number of ether oxygens (including phenoxy) is 2. The van der Waals surface area contributed by atoms with Crippen LogP contribution in [-0.2, 0) is 20.7 Å². The van der Waals surface area contributed by atoms with Gasteiger partial charge in [0.2, 0.25) is 5.91 Å². The van der Waals surface area contributed by atoms with Crippen LogP contribution in [0.15, 0.2) is 36.4 Å². The highest BCUT2D eigenvalue weighted by molar-refractivity contribution is 7.20. The fraction of sp³-hybridized carbons (Fsp3) is 0.472. The lowest BCUT2D eigenvalue weighted by atomic mass is 9.90. The van der Waals surface area contributed by atoms with Crippen molar-refractivity contribution in [3.63, 3.8) is 0 Å². The van der Waals surface area contributed by atoms with Gasteiger partial charge in [-0.05, 0) is 81.4 Å². The number of halogens is 6. The Labute approximate surface area is 306 Å². The lowest BCUT2D eigenvalue weighted by molar-refractivity contribution is -0.153. The van der Waals surface area contributed by atoms with Crippen LogP contribution in [0.3, 0.4) is 0 Å². The van der Waals surface area contributed by atoms with Crippen LogP contribution in [0.2, 0.25) is 0 Å². The Morgan fingerprint density at radius 3 is 2.36 bits per heavy atom. The lowest BCUT2D eigenvalue weighted by Crippen LogP contribution is -2.42. The Bertz CT molecular complexity index is 1830. The molecule has 17 heteroatoms. The number of carbonyl (C=O) groups excluding carboxylic acids is 3. The van der Waals surface area contributed by atoms with Gasteiger partial charge in [0.1, 0.15) is 11.8 Å². The molecule has 5 N–H and O–H groups in total. The molecule has 288 valence electrons. The number of carbonyl (C=O) groups is 3. The topological polar surface area (TPSA) is 135 Å². The van der Waals surface area contributed by atoms with Gasteiger partial charge in [0.05, 0.1) is 41.0 Å². The van der Waals surface area contributed by atoms with Crippen LogP contribution in [0.1, 0.15) is 59.3 Å². The maximum absolute atomic E-state index is 13.8.